The van der Waals surface area contributed by atoms with E-state index in [0.717, 1.165) is 48.2 Å². The summed E-state index contributed by atoms with van der Waals surface area (Å²) in [7, 11) is 0. The third kappa shape index (κ3) is 2.66. The Bertz CT molecular complexity index is 1050. The number of aromatic nitrogens is 2. The van der Waals surface area contributed by atoms with Gasteiger partial charge in [-0.2, -0.15) is 0 Å². The largest absolute Gasteiger partial charge is 0.322 e. The molecule has 0 saturated carbocycles. The molecule has 128 valence electrons. The number of anilines is 1. The van der Waals surface area contributed by atoms with Crippen LogP contribution in [-0.2, 0) is 12.8 Å². The normalized spacial score (nSPS) is 13.7. The van der Waals surface area contributed by atoms with Gasteiger partial charge in [-0.05, 0) is 56.7 Å². The zero-order chi connectivity index (χ0) is 17.6. The van der Waals surface area contributed by atoms with Crippen LogP contribution in [0, 0.1) is 13.8 Å². The Balaban J connectivity index is 1.76. The topological polar surface area (TPSA) is 63.5 Å². The van der Waals surface area contributed by atoms with Crippen LogP contribution in [0.4, 0.5) is 5.69 Å². The van der Waals surface area contributed by atoms with E-state index in [1.165, 1.54) is 11.1 Å². The molecule has 0 bridgehead atoms. The van der Waals surface area contributed by atoms with Gasteiger partial charge in [0.25, 0.3) is 11.5 Å². The molecule has 3 aromatic rings. The molecule has 25 heavy (non-hydrogen) atoms. The number of aryl methyl sites for hydroxylation is 3. The van der Waals surface area contributed by atoms with Crippen LogP contribution in [0.25, 0.3) is 4.96 Å². The van der Waals surface area contributed by atoms with E-state index in [2.05, 4.69) is 10.3 Å². The van der Waals surface area contributed by atoms with Crippen molar-refractivity contribution in [2.75, 3.05) is 5.32 Å². The summed E-state index contributed by atoms with van der Waals surface area (Å²) in [4.78, 5) is 31.9. The molecule has 0 fully saturated rings. The van der Waals surface area contributed by atoms with Gasteiger partial charge in [-0.3, -0.25) is 14.0 Å². The number of hydrogen-bond acceptors (Lipinski definition) is 4. The summed E-state index contributed by atoms with van der Waals surface area (Å²) in [5.41, 5.74) is 3.66. The number of carbonyl (C=O) groups is 1. The van der Waals surface area contributed by atoms with Crippen molar-refractivity contribution in [3.63, 3.8) is 0 Å². The van der Waals surface area contributed by atoms with Gasteiger partial charge in [0.2, 0.25) is 0 Å². The van der Waals surface area contributed by atoms with Gasteiger partial charge in [-0.25, -0.2) is 4.98 Å². The standard InChI is InChI=1S/C19H19N3O2S/c1-11-6-5-7-14(12(11)2)21-17(23)13-10-20-19-22(18(13)24)15-8-3-4-9-16(15)25-19/h5-7,10H,3-4,8-9H2,1-2H3,(H,21,23). The minimum Gasteiger partial charge on any atom is -0.322 e. The second kappa shape index (κ2) is 6.11. The predicted molar refractivity (Wildman–Crippen MR) is 99.9 cm³/mol. The Hall–Kier alpha value is -2.47. The van der Waals surface area contributed by atoms with Crippen molar-refractivity contribution >= 4 is 27.9 Å². The third-order valence-electron chi connectivity index (χ3n) is 4.90. The van der Waals surface area contributed by atoms with E-state index >= 15 is 0 Å². The summed E-state index contributed by atoms with van der Waals surface area (Å²) in [5, 5.41) is 2.86. The lowest BCUT2D eigenvalue weighted by molar-refractivity contribution is 0.102. The Labute approximate surface area is 149 Å². The van der Waals surface area contributed by atoms with Crippen LogP contribution < -0.4 is 10.9 Å². The van der Waals surface area contributed by atoms with Gasteiger partial charge >= 0.3 is 0 Å². The van der Waals surface area contributed by atoms with E-state index in [4.69, 9.17) is 0 Å². The fourth-order valence-corrected chi connectivity index (χ4v) is 4.47. The zero-order valence-corrected chi connectivity index (χ0v) is 15.1. The molecule has 1 N–H and O–H groups in total. The summed E-state index contributed by atoms with van der Waals surface area (Å²) >= 11 is 1.56. The highest BCUT2D eigenvalue weighted by molar-refractivity contribution is 7.17. The van der Waals surface area contributed by atoms with Crippen molar-refractivity contribution in [1.82, 2.24) is 9.38 Å². The molecule has 0 aliphatic heterocycles. The molecule has 2 aromatic heterocycles. The average molecular weight is 353 g/mol. The summed E-state index contributed by atoms with van der Waals surface area (Å²) in [6.07, 6.45) is 5.49. The molecule has 4 rings (SSSR count). The molecule has 6 heteroatoms. The molecule has 0 atom stereocenters. The van der Waals surface area contributed by atoms with Gasteiger partial charge in [-0.15, -0.1) is 11.3 Å². The minimum atomic E-state index is -0.406. The highest BCUT2D eigenvalue weighted by Crippen LogP contribution is 2.28. The maximum absolute atomic E-state index is 12.9. The Morgan fingerprint density at radius 1 is 1.24 bits per heavy atom. The summed E-state index contributed by atoms with van der Waals surface area (Å²) in [5.74, 6) is -0.406. The van der Waals surface area contributed by atoms with E-state index in [1.807, 2.05) is 32.0 Å². The van der Waals surface area contributed by atoms with E-state index in [-0.39, 0.29) is 11.1 Å². The Kier molecular flexibility index (Phi) is 3.92. The summed E-state index contributed by atoms with van der Waals surface area (Å²) in [6.45, 7) is 3.94. The minimum absolute atomic E-state index is 0.0876. The van der Waals surface area contributed by atoms with Crippen LogP contribution in [0.2, 0.25) is 0 Å². The highest BCUT2D eigenvalue weighted by atomic mass is 32.1. The van der Waals surface area contributed by atoms with Crippen LogP contribution in [0.1, 0.15) is 44.9 Å². The van der Waals surface area contributed by atoms with Crippen LogP contribution in [0.5, 0.6) is 0 Å². The SMILES string of the molecule is Cc1cccc(NC(=O)c2cnc3sc4c(n3c2=O)CCCC4)c1C. The number of fused-ring (bicyclic) bond motifs is 3. The summed E-state index contributed by atoms with van der Waals surface area (Å²) in [6, 6.07) is 5.73. The van der Waals surface area contributed by atoms with Gasteiger partial charge in [0, 0.05) is 22.5 Å². The van der Waals surface area contributed by atoms with Crippen molar-refractivity contribution in [3.8, 4) is 0 Å². The molecule has 0 unspecified atom stereocenters. The fraction of sp³-hybridized carbons (Fsp3) is 0.316. The van der Waals surface area contributed by atoms with Crippen molar-refractivity contribution in [1.29, 1.82) is 0 Å². The number of benzene rings is 1. The lowest BCUT2D eigenvalue weighted by Crippen LogP contribution is -2.27. The maximum atomic E-state index is 12.9. The first-order valence-electron chi connectivity index (χ1n) is 8.46. The van der Waals surface area contributed by atoms with E-state index in [1.54, 1.807) is 15.7 Å². The molecule has 1 amide bonds. The predicted octanol–water partition coefficient (Wildman–Crippen LogP) is 3.50. The first-order valence-corrected chi connectivity index (χ1v) is 9.28. The first-order chi connectivity index (χ1) is 12.1. The molecule has 0 radical (unpaired) electrons. The quantitative estimate of drug-likeness (QED) is 0.767. The van der Waals surface area contributed by atoms with Crippen molar-refractivity contribution in [2.45, 2.75) is 39.5 Å². The summed E-state index contributed by atoms with van der Waals surface area (Å²) < 4.78 is 1.64. The Morgan fingerprint density at radius 2 is 2.04 bits per heavy atom. The molecule has 2 heterocycles. The van der Waals surface area contributed by atoms with E-state index in [9.17, 15) is 9.59 Å². The number of carbonyl (C=O) groups excluding carboxylic acids is 1. The van der Waals surface area contributed by atoms with Crippen LogP contribution in [-0.4, -0.2) is 15.3 Å². The number of nitrogens with zero attached hydrogens (tertiary/aromatic N) is 2. The van der Waals surface area contributed by atoms with Crippen molar-refractivity contribution in [2.24, 2.45) is 0 Å². The van der Waals surface area contributed by atoms with E-state index < -0.39 is 5.91 Å². The van der Waals surface area contributed by atoms with Crippen molar-refractivity contribution in [3.05, 3.63) is 62.0 Å². The van der Waals surface area contributed by atoms with Crippen LogP contribution in [0.15, 0.2) is 29.2 Å². The molecule has 0 saturated heterocycles. The lowest BCUT2D eigenvalue weighted by atomic mass is 10.0. The number of nitrogens with one attached hydrogen (secondary N) is 1. The molecular formula is C19H19N3O2S. The fourth-order valence-electron chi connectivity index (χ4n) is 3.30. The second-order valence-corrected chi connectivity index (χ2v) is 7.54. The number of thiazole rings is 1. The Morgan fingerprint density at radius 3 is 2.88 bits per heavy atom. The number of amides is 1. The molecule has 1 aromatic carbocycles. The monoisotopic (exact) mass is 353 g/mol. The third-order valence-corrected chi connectivity index (χ3v) is 6.06. The van der Waals surface area contributed by atoms with Gasteiger partial charge in [0.05, 0.1) is 0 Å². The smallest absolute Gasteiger partial charge is 0.271 e. The number of hydrogen-bond donors (Lipinski definition) is 1. The van der Waals surface area contributed by atoms with Gasteiger partial charge in [0.1, 0.15) is 5.56 Å². The second-order valence-electron chi connectivity index (χ2n) is 6.48. The average Bonchev–Trinajstić information content (AvgIpc) is 2.98. The van der Waals surface area contributed by atoms with Crippen molar-refractivity contribution < 1.29 is 4.79 Å². The molecule has 1 aliphatic carbocycles. The van der Waals surface area contributed by atoms with Gasteiger partial charge < -0.3 is 5.32 Å². The molecule has 5 nitrogen and oxygen atoms in total. The zero-order valence-electron chi connectivity index (χ0n) is 14.3. The van der Waals surface area contributed by atoms with Crippen LogP contribution in [0.3, 0.4) is 0 Å². The first kappa shape index (κ1) is 16.0. The lowest BCUT2D eigenvalue weighted by Gasteiger charge is -2.11. The van der Waals surface area contributed by atoms with Gasteiger partial charge in [0.15, 0.2) is 4.96 Å². The maximum Gasteiger partial charge on any atom is 0.271 e. The van der Waals surface area contributed by atoms with Gasteiger partial charge in [-0.1, -0.05) is 12.1 Å². The highest BCUT2D eigenvalue weighted by Gasteiger charge is 2.21. The van der Waals surface area contributed by atoms with E-state index in [0.29, 0.717) is 4.96 Å². The molecular weight excluding hydrogens is 334 g/mol. The molecule has 0 spiro atoms. The number of rotatable bonds is 2. The van der Waals surface area contributed by atoms with Crippen LogP contribution >= 0.6 is 11.3 Å². The molecule has 1 aliphatic rings.